The number of pyridine rings is 2. The first-order valence-corrected chi connectivity index (χ1v) is 8.80. The van der Waals surface area contributed by atoms with Crippen molar-refractivity contribution in [1.29, 1.82) is 0 Å². The number of anilines is 1. The van der Waals surface area contributed by atoms with Crippen LogP contribution in [0.3, 0.4) is 0 Å². The van der Waals surface area contributed by atoms with Gasteiger partial charge in [-0.3, -0.25) is 4.98 Å². The molecule has 0 aliphatic carbocycles. The molecular formula is C17H17ClN4S. The first kappa shape index (κ1) is 14.7. The lowest BCUT2D eigenvalue weighted by molar-refractivity contribution is 0.709. The minimum absolute atomic E-state index is 0.641. The maximum atomic E-state index is 6.40. The molecule has 0 amide bonds. The molecule has 1 aliphatic heterocycles. The van der Waals surface area contributed by atoms with Crippen LogP contribution in [0.5, 0.6) is 0 Å². The summed E-state index contributed by atoms with van der Waals surface area (Å²) in [5.74, 6) is 0.955. The van der Waals surface area contributed by atoms with Gasteiger partial charge in [0.2, 0.25) is 0 Å². The number of rotatable bonds is 2. The van der Waals surface area contributed by atoms with E-state index in [9.17, 15) is 0 Å². The summed E-state index contributed by atoms with van der Waals surface area (Å²) in [6.07, 6.45) is 4.70. The van der Waals surface area contributed by atoms with Crippen LogP contribution in [0.2, 0.25) is 5.02 Å². The smallest absolute Gasteiger partial charge is 0.129 e. The molecule has 0 radical (unpaired) electrons. The predicted molar refractivity (Wildman–Crippen MR) is 95.4 cm³/mol. The van der Waals surface area contributed by atoms with Gasteiger partial charge in [-0.25, -0.2) is 4.98 Å². The summed E-state index contributed by atoms with van der Waals surface area (Å²) in [7, 11) is 0. The summed E-state index contributed by atoms with van der Waals surface area (Å²) in [6.45, 7) is 5.99. The van der Waals surface area contributed by atoms with Gasteiger partial charge in [-0.2, -0.15) is 0 Å². The average Bonchev–Trinajstić information content (AvgIpc) is 2.50. The second kappa shape index (κ2) is 5.65. The Morgan fingerprint density at radius 3 is 2.78 bits per heavy atom. The van der Waals surface area contributed by atoms with Gasteiger partial charge in [0.1, 0.15) is 5.82 Å². The molecule has 0 unspecified atom stereocenters. The largest absolute Gasteiger partial charge is 0.350 e. The molecule has 118 valence electrons. The van der Waals surface area contributed by atoms with Gasteiger partial charge < -0.3 is 9.27 Å². The minimum Gasteiger partial charge on any atom is -0.350 e. The monoisotopic (exact) mass is 344 g/mol. The molecule has 1 aliphatic rings. The van der Waals surface area contributed by atoms with Crippen LogP contribution in [0, 0.1) is 13.8 Å². The fourth-order valence-corrected chi connectivity index (χ4v) is 3.91. The minimum atomic E-state index is 0.641. The molecule has 0 spiro atoms. The predicted octanol–water partition coefficient (Wildman–Crippen LogP) is 4.37. The van der Waals surface area contributed by atoms with E-state index >= 15 is 0 Å². The third-order valence-electron chi connectivity index (χ3n) is 4.23. The van der Waals surface area contributed by atoms with Crippen LogP contribution in [-0.4, -0.2) is 20.9 Å². The summed E-state index contributed by atoms with van der Waals surface area (Å²) in [5, 5.41) is 0.641. The van der Waals surface area contributed by atoms with E-state index in [4.69, 9.17) is 11.6 Å². The lowest BCUT2D eigenvalue weighted by Gasteiger charge is -2.30. The lowest BCUT2D eigenvalue weighted by atomic mass is 10.1. The number of fused-ring (bicyclic) bond motifs is 1. The van der Waals surface area contributed by atoms with Crippen LogP contribution in [0.1, 0.15) is 21.7 Å². The number of nitrogens with zero attached hydrogens (tertiary/aromatic N) is 3. The molecule has 3 aromatic heterocycles. The highest BCUT2D eigenvalue weighted by Gasteiger charge is 2.22. The number of hydrogen-bond donors (Lipinski definition) is 1. The molecule has 4 nitrogen and oxygen atoms in total. The quantitative estimate of drug-likeness (QED) is 0.751. The molecule has 0 atom stereocenters. The zero-order valence-electron chi connectivity index (χ0n) is 13.1. The Hall–Kier alpha value is -1.85. The average molecular weight is 345 g/mol. The van der Waals surface area contributed by atoms with Crippen molar-refractivity contribution in [3.05, 3.63) is 51.2 Å². The lowest BCUT2D eigenvalue weighted by Crippen LogP contribution is -2.32. The number of aryl methyl sites for hydroxylation is 2. The van der Waals surface area contributed by atoms with Gasteiger partial charge in [0.15, 0.2) is 0 Å². The summed E-state index contributed by atoms with van der Waals surface area (Å²) in [5.41, 5.74) is 5.48. The zero-order valence-corrected chi connectivity index (χ0v) is 14.6. The van der Waals surface area contributed by atoms with Crippen molar-refractivity contribution in [2.45, 2.75) is 26.8 Å². The Morgan fingerprint density at radius 2 is 2.09 bits per heavy atom. The molecule has 1 N–H and O–H groups in total. The van der Waals surface area contributed by atoms with E-state index in [-0.39, 0.29) is 0 Å². The van der Waals surface area contributed by atoms with Gasteiger partial charge in [-0.05, 0) is 31.0 Å². The van der Waals surface area contributed by atoms with Crippen LogP contribution in [0.15, 0.2) is 24.5 Å². The Bertz CT molecular complexity index is 867. The molecule has 3 aromatic rings. The molecule has 0 aromatic carbocycles. The maximum Gasteiger partial charge on any atom is 0.129 e. The molecule has 0 bridgehead atoms. The maximum absolute atomic E-state index is 6.40. The van der Waals surface area contributed by atoms with Crippen molar-refractivity contribution in [2.75, 3.05) is 11.4 Å². The highest BCUT2D eigenvalue weighted by atomic mass is 35.5. The molecule has 0 saturated carbocycles. The highest BCUT2D eigenvalue weighted by Crippen LogP contribution is 2.33. The van der Waals surface area contributed by atoms with Crippen LogP contribution < -0.4 is 4.90 Å². The van der Waals surface area contributed by atoms with E-state index in [0.717, 1.165) is 47.7 Å². The summed E-state index contributed by atoms with van der Waals surface area (Å²) < 4.78 is 3.31. The van der Waals surface area contributed by atoms with Crippen molar-refractivity contribution < 1.29 is 0 Å². The van der Waals surface area contributed by atoms with Crippen molar-refractivity contribution in [3.8, 4) is 11.3 Å². The first-order valence-electron chi connectivity index (χ1n) is 7.61. The Labute approximate surface area is 144 Å². The summed E-state index contributed by atoms with van der Waals surface area (Å²) >= 11 is 8.14. The van der Waals surface area contributed by atoms with Crippen LogP contribution in [0.25, 0.3) is 11.3 Å². The molecule has 0 saturated heterocycles. The van der Waals surface area contributed by atoms with Gasteiger partial charge in [-0.15, -0.1) is 0 Å². The van der Waals surface area contributed by atoms with E-state index in [1.807, 2.05) is 13.1 Å². The number of hydrogen-bond acceptors (Lipinski definition) is 4. The van der Waals surface area contributed by atoms with Crippen molar-refractivity contribution in [3.63, 3.8) is 0 Å². The number of halogens is 1. The number of nitrogens with one attached hydrogen (secondary N) is 1. The molecule has 4 rings (SSSR count). The molecular weight excluding hydrogens is 328 g/mol. The molecule has 6 heteroatoms. The Morgan fingerprint density at radius 1 is 1.22 bits per heavy atom. The third kappa shape index (κ3) is 2.64. The second-order valence-electron chi connectivity index (χ2n) is 5.98. The fraction of sp³-hybridized carbons (Fsp3) is 0.294. The highest BCUT2D eigenvalue weighted by molar-refractivity contribution is 7.07. The number of aromatic nitrogens is 3. The van der Waals surface area contributed by atoms with Gasteiger partial charge in [0.25, 0.3) is 0 Å². The first-order chi connectivity index (χ1) is 11.1. The molecule has 0 fully saturated rings. The molecule has 4 heterocycles. The van der Waals surface area contributed by atoms with E-state index in [1.54, 1.807) is 17.7 Å². The molecule has 23 heavy (non-hydrogen) atoms. The second-order valence-corrected chi connectivity index (χ2v) is 7.29. The van der Waals surface area contributed by atoms with Crippen LogP contribution in [0.4, 0.5) is 5.82 Å². The van der Waals surface area contributed by atoms with Gasteiger partial charge >= 0.3 is 0 Å². The number of H-pyrrole nitrogens is 1. The third-order valence-corrected chi connectivity index (χ3v) is 5.57. The van der Waals surface area contributed by atoms with E-state index < -0.39 is 0 Å². The van der Waals surface area contributed by atoms with Gasteiger partial charge in [0, 0.05) is 35.8 Å². The van der Waals surface area contributed by atoms with Gasteiger partial charge in [0.05, 0.1) is 23.0 Å². The summed E-state index contributed by atoms with van der Waals surface area (Å²) in [4.78, 5) is 12.9. The Balaban J connectivity index is 1.72. The van der Waals surface area contributed by atoms with Crippen molar-refractivity contribution >= 4 is 29.0 Å². The number of aromatic amines is 1. The van der Waals surface area contributed by atoms with Crippen LogP contribution >= 0.6 is 23.1 Å². The van der Waals surface area contributed by atoms with Gasteiger partial charge in [-0.1, -0.05) is 29.2 Å². The van der Waals surface area contributed by atoms with E-state index in [0.29, 0.717) is 5.02 Å². The SMILES string of the molecule is Cc1cnc(-c2cc(N3CCc4s[nH]c4C3)ncc2Cl)c(C)c1. The fourth-order valence-electron chi connectivity index (χ4n) is 3.00. The summed E-state index contributed by atoms with van der Waals surface area (Å²) in [6, 6.07) is 4.19. The standard InChI is InChI=1S/C17H17ClN4S/c1-10-5-11(2)17(20-7-10)12-6-16(19-8-13(12)18)22-4-3-15-14(9-22)21-23-15/h5-8,21H,3-4,9H2,1-2H3. The van der Waals surface area contributed by atoms with E-state index in [2.05, 4.69) is 38.3 Å². The van der Waals surface area contributed by atoms with Crippen LogP contribution in [-0.2, 0) is 13.0 Å². The normalized spacial score (nSPS) is 14.1. The zero-order chi connectivity index (χ0) is 16.0. The van der Waals surface area contributed by atoms with Crippen molar-refractivity contribution in [1.82, 2.24) is 14.3 Å². The Kier molecular flexibility index (Phi) is 3.62. The van der Waals surface area contributed by atoms with Crippen molar-refractivity contribution in [2.24, 2.45) is 0 Å². The van der Waals surface area contributed by atoms with E-state index in [1.165, 1.54) is 10.6 Å². The topological polar surface area (TPSA) is 44.8 Å².